The summed E-state index contributed by atoms with van der Waals surface area (Å²) in [5.41, 5.74) is 2.47. The minimum Gasteiger partial charge on any atom is -0.381 e. The van der Waals surface area contributed by atoms with Crippen LogP contribution in [0.5, 0.6) is 0 Å². The second-order valence-electron chi connectivity index (χ2n) is 8.38. The quantitative estimate of drug-likeness (QED) is 0.787. The van der Waals surface area contributed by atoms with Crippen LogP contribution in [0.2, 0.25) is 0 Å². The maximum atomic E-state index is 12.9. The number of likely N-dealkylation sites (tertiary alicyclic amines) is 1. The zero-order valence-corrected chi connectivity index (χ0v) is 18.0. The number of aryl methyl sites for hydroxylation is 1. The van der Waals surface area contributed by atoms with Gasteiger partial charge in [0.05, 0.1) is 10.7 Å². The van der Waals surface area contributed by atoms with Gasteiger partial charge in [0.25, 0.3) is 0 Å². The molecule has 2 aliphatic rings. The first-order valence-electron chi connectivity index (χ1n) is 10.7. The van der Waals surface area contributed by atoms with E-state index in [9.17, 15) is 4.79 Å². The van der Waals surface area contributed by atoms with Gasteiger partial charge in [0.2, 0.25) is 5.91 Å². The van der Waals surface area contributed by atoms with Crippen molar-refractivity contribution in [2.45, 2.75) is 44.6 Å². The second-order valence-corrected chi connectivity index (χ2v) is 9.45. The van der Waals surface area contributed by atoms with Crippen molar-refractivity contribution in [1.29, 1.82) is 0 Å². The second kappa shape index (κ2) is 9.37. The van der Waals surface area contributed by atoms with Crippen LogP contribution in [0.4, 0.5) is 0 Å². The van der Waals surface area contributed by atoms with Crippen LogP contribution in [0, 0.1) is 12.8 Å². The highest BCUT2D eigenvalue weighted by atomic mass is 32.1. The zero-order chi connectivity index (χ0) is 20.1. The number of nitrogens with zero attached hydrogens (tertiary/aromatic N) is 2. The van der Waals surface area contributed by atoms with E-state index < -0.39 is 0 Å². The molecule has 3 heterocycles. The molecule has 6 heteroatoms. The molecule has 2 saturated heterocycles. The lowest BCUT2D eigenvalue weighted by atomic mass is 9.74. The monoisotopic (exact) mass is 413 g/mol. The average molecular weight is 414 g/mol. The fourth-order valence-electron chi connectivity index (χ4n) is 4.59. The van der Waals surface area contributed by atoms with Gasteiger partial charge >= 0.3 is 0 Å². The topological polar surface area (TPSA) is 54.5 Å². The fraction of sp³-hybridized carbons (Fsp3) is 0.565. The first-order chi connectivity index (χ1) is 14.1. The highest BCUT2D eigenvalue weighted by molar-refractivity contribution is 7.09. The molecule has 0 unspecified atom stereocenters. The number of carbonyl (C=O) groups is 1. The Hall–Kier alpha value is -1.76. The van der Waals surface area contributed by atoms with Crippen molar-refractivity contribution < 1.29 is 9.53 Å². The van der Waals surface area contributed by atoms with Crippen molar-refractivity contribution in [3.05, 3.63) is 52.0 Å². The Bertz CT molecular complexity index is 793. The molecular weight excluding hydrogens is 382 g/mol. The molecule has 1 N–H and O–H groups in total. The molecular formula is C23H31N3O2S. The average Bonchev–Trinajstić information content (AvgIpc) is 3.18. The normalized spacial score (nSPS) is 20.4. The Labute approximate surface area is 177 Å². The SMILES string of the molecule is Cc1nc(CN2CCC(C(=O)NCC3(c4ccccc4)CCOCC3)CC2)cs1. The Kier molecular flexibility index (Phi) is 6.63. The molecule has 1 amide bonds. The van der Waals surface area contributed by atoms with Gasteiger partial charge in [-0.05, 0) is 51.3 Å². The van der Waals surface area contributed by atoms with Crippen molar-refractivity contribution in [2.75, 3.05) is 32.8 Å². The highest BCUT2D eigenvalue weighted by Gasteiger charge is 2.35. The van der Waals surface area contributed by atoms with E-state index in [0.717, 1.165) is 69.2 Å². The molecule has 2 aliphatic heterocycles. The molecule has 29 heavy (non-hydrogen) atoms. The van der Waals surface area contributed by atoms with Gasteiger partial charge in [-0.3, -0.25) is 9.69 Å². The van der Waals surface area contributed by atoms with Crippen molar-refractivity contribution >= 4 is 17.2 Å². The Morgan fingerprint density at radius 1 is 1.24 bits per heavy atom. The first-order valence-corrected chi connectivity index (χ1v) is 11.6. The Morgan fingerprint density at radius 2 is 1.97 bits per heavy atom. The van der Waals surface area contributed by atoms with Crippen LogP contribution in [-0.4, -0.2) is 48.6 Å². The van der Waals surface area contributed by atoms with Crippen LogP contribution < -0.4 is 5.32 Å². The van der Waals surface area contributed by atoms with Crippen LogP contribution in [0.1, 0.15) is 41.9 Å². The minimum atomic E-state index is -0.00164. The number of rotatable bonds is 6. The van der Waals surface area contributed by atoms with Gasteiger partial charge in [0.1, 0.15) is 0 Å². The Balaban J connectivity index is 1.30. The highest BCUT2D eigenvalue weighted by Crippen LogP contribution is 2.34. The third-order valence-corrected chi connectivity index (χ3v) is 7.27. The van der Waals surface area contributed by atoms with Crippen LogP contribution >= 0.6 is 11.3 Å². The van der Waals surface area contributed by atoms with E-state index >= 15 is 0 Å². The lowest BCUT2D eigenvalue weighted by molar-refractivity contribution is -0.127. The molecule has 0 atom stereocenters. The fourth-order valence-corrected chi connectivity index (χ4v) is 5.19. The summed E-state index contributed by atoms with van der Waals surface area (Å²) in [4.78, 5) is 19.9. The molecule has 0 bridgehead atoms. The largest absolute Gasteiger partial charge is 0.381 e. The van der Waals surface area contributed by atoms with Gasteiger partial charge in [0.15, 0.2) is 0 Å². The number of aromatic nitrogens is 1. The lowest BCUT2D eigenvalue weighted by Gasteiger charge is -2.38. The van der Waals surface area contributed by atoms with E-state index in [0.29, 0.717) is 6.54 Å². The molecule has 2 fully saturated rings. The van der Waals surface area contributed by atoms with Gasteiger partial charge in [0, 0.05) is 43.0 Å². The number of benzene rings is 1. The predicted octanol–water partition coefficient (Wildman–Crippen LogP) is 3.53. The van der Waals surface area contributed by atoms with Gasteiger partial charge in [-0.15, -0.1) is 11.3 Å². The number of hydrogen-bond donors (Lipinski definition) is 1. The van der Waals surface area contributed by atoms with E-state index in [1.54, 1.807) is 11.3 Å². The smallest absolute Gasteiger partial charge is 0.223 e. The van der Waals surface area contributed by atoms with E-state index in [4.69, 9.17) is 4.74 Å². The molecule has 0 saturated carbocycles. The van der Waals surface area contributed by atoms with E-state index in [2.05, 4.69) is 50.9 Å². The molecule has 4 rings (SSSR count). The van der Waals surface area contributed by atoms with Crippen LogP contribution in [0.25, 0.3) is 0 Å². The predicted molar refractivity (Wildman–Crippen MR) is 116 cm³/mol. The van der Waals surface area contributed by atoms with Crippen molar-refractivity contribution in [3.8, 4) is 0 Å². The van der Waals surface area contributed by atoms with Crippen molar-refractivity contribution in [1.82, 2.24) is 15.2 Å². The molecule has 0 aliphatic carbocycles. The first kappa shape index (κ1) is 20.5. The number of carbonyl (C=O) groups excluding carboxylic acids is 1. The number of hydrogen-bond acceptors (Lipinski definition) is 5. The summed E-state index contributed by atoms with van der Waals surface area (Å²) in [6.45, 7) is 7.11. The number of piperidine rings is 1. The van der Waals surface area contributed by atoms with E-state index in [1.807, 2.05) is 6.92 Å². The number of thiazole rings is 1. The van der Waals surface area contributed by atoms with Crippen LogP contribution in [-0.2, 0) is 21.5 Å². The maximum absolute atomic E-state index is 12.9. The molecule has 5 nitrogen and oxygen atoms in total. The minimum absolute atomic E-state index is 0.00164. The summed E-state index contributed by atoms with van der Waals surface area (Å²) < 4.78 is 5.61. The van der Waals surface area contributed by atoms with Crippen LogP contribution in [0.15, 0.2) is 35.7 Å². The molecule has 0 radical (unpaired) electrons. The number of ether oxygens (including phenoxy) is 1. The standard InChI is InChI=1S/C23H31N3O2S/c1-18-25-21(16-29-18)15-26-11-7-19(8-12-26)22(27)24-17-23(9-13-28-14-10-23)20-5-3-2-4-6-20/h2-6,16,19H,7-15,17H2,1H3,(H,24,27). The molecule has 2 aromatic rings. The summed E-state index contributed by atoms with van der Waals surface area (Å²) in [6, 6.07) is 10.6. The van der Waals surface area contributed by atoms with Gasteiger partial charge in [-0.25, -0.2) is 4.98 Å². The van der Waals surface area contributed by atoms with Crippen LogP contribution in [0.3, 0.4) is 0 Å². The maximum Gasteiger partial charge on any atom is 0.223 e. The number of nitrogens with one attached hydrogen (secondary N) is 1. The van der Waals surface area contributed by atoms with Crippen molar-refractivity contribution in [2.24, 2.45) is 5.92 Å². The summed E-state index contributed by atoms with van der Waals surface area (Å²) in [6.07, 6.45) is 3.78. The number of amides is 1. The van der Waals surface area contributed by atoms with Gasteiger partial charge in [-0.1, -0.05) is 30.3 Å². The summed E-state index contributed by atoms with van der Waals surface area (Å²) >= 11 is 1.71. The zero-order valence-electron chi connectivity index (χ0n) is 17.2. The Morgan fingerprint density at radius 3 is 2.62 bits per heavy atom. The van der Waals surface area contributed by atoms with E-state index in [1.165, 1.54) is 5.56 Å². The summed E-state index contributed by atoms with van der Waals surface area (Å²) in [5.74, 6) is 0.340. The third-order valence-electron chi connectivity index (χ3n) is 6.45. The molecule has 1 aromatic heterocycles. The summed E-state index contributed by atoms with van der Waals surface area (Å²) in [5, 5.41) is 6.57. The summed E-state index contributed by atoms with van der Waals surface area (Å²) in [7, 11) is 0. The molecule has 1 aromatic carbocycles. The lowest BCUT2D eigenvalue weighted by Crippen LogP contribution is -2.47. The van der Waals surface area contributed by atoms with E-state index in [-0.39, 0.29) is 17.2 Å². The molecule has 0 spiro atoms. The van der Waals surface area contributed by atoms with Gasteiger partial charge < -0.3 is 10.1 Å². The van der Waals surface area contributed by atoms with Gasteiger partial charge in [-0.2, -0.15) is 0 Å². The third kappa shape index (κ3) is 5.05. The molecule has 156 valence electrons. The van der Waals surface area contributed by atoms with Crippen molar-refractivity contribution in [3.63, 3.8) is 0 Å².